The molecule has 3 atom stereocenters. The highest BCUT2D eigenvalue weighted by atomic mass is 16.3. The Bertz CT molecular complexity index is 814. The molecule has 3 unspecified atom stereocenters. The summed E-state index contributed by atoms with van der Waals surface area (Å²) in [6.07, 6.45) is 55.9. The van der Waals surface area contributed by atoms with Crippen LogP contribution in [0.2, 0.25) is 0 Å². The molecule has 5 heteroatoms. The molecule has 0 saturated carbocycles. The van der Waals surface area contributed by atoms with Crippen LogP contribution in [0.3, 0.4) is 0 Å². The van der Waals surface area contributed by atoms with Crippen molar-refractivity contribution in [3.63, 3.8) is 0 Å². The Hall–Kier alpha value is -1.17. The van der Waals surface area contributed by atoms with E-state index in [1.165, 1.54) is 199 Å². The van der Waals surface area contributed by atoms with E-state index in [9.17, 15) is 20.1 Å². The van der Waals surface area contributed by atoms with E-state index in [0.29, 0.717) is 12.8 Å². The van der Waals surface area contributed by atoms with Crippen molar-refractivity contribution in [2.24, 2.45) is 0 Å². The molecule has 0 rings (SSSR count). The first-order chi connectivity index (χ1) is 27.1. The molecule has 0 saturated heterocycles. The van der Waals surface area contributed by atoms with Gasteiger partial charge in [-0.3, -0.25) is 4.79 Å². The van der Waals surface area contributed by atoms with Gasteiger partial charge in [-0.05, 0) is 64.2 Å². The van der Waals surface area contributed by atoms with E-state index in [4.69, 9.17) is 0 Å². The van der Waals surface area contributed by atoms with Crippen molar-refractivity contribution < 1.29 is 20.1 Å². The topological polar surface area (TPSA) is 89.8 Å². The van der Waals surface area contributed by atoms with Crippen LogP contribution < -0.4 is 5.32 Å². The van der Waals surface area contributed by atoms with Crippen LogP contribution in [0.5, 0.6) is 0 Å². The van der Waals surface area contributed by atoms with Crippen LogP contribution in [0.15, 0.2) is 24.3 Å². The second-order valence-electron chi connectivity index (χ2n) is 17.0. The van der Waals surface area contributed by atoms with Gasteiger partial charge in [0.2, 0.25) is 5.91 Å². The number of aliphatic hydroxyl groups excluding tert-OH is 3. The largest absolute Gasteiger partial charge is 0.394 e. The van der Waals surface area contributed by atoms with Gasteiger partial charge in [-0.25, -0.2) is 0 Å². The average molecular weight is 776 g/mol. The molecule has 0 aromatic carbocycles. The normalized spacial score (nSPS) is 13.6. The summed E-state index contributed by atoms with van der Waals surface area (Å²) in [7, 11) is 0. The minimum atomic E-state index is -1.16. The number of hydrogen-bond donors (Lipinski definition) is 4. The van der Waals surface area contributed by atoms with Crippen LogP contribution in [-0.4, -0.2) is 46.1 Å². The third-order valence-corrected chi connectivity index (χ3v) is 11.5. The van der Waals surface area contributed by atoms with Gasteiger partial charge >= 0.3 is 0 Å². The number of amides is 1. The maximum Gasteiger partial charge on any atom is 0.220 e. The van der Waals surface area contributed by atoms with Gasteiger partial charge in [0.15, 0.2) is 0 Å². The summed E-state index contributed by atoms with van der Waals surface area (Å²) >= 11 is 0. The summed E-state index contributed by atoms with van der Waals surface area (Å²) in [5.74, 6) is -0.156. The quantitative estimate of drug-likeness (QED) is 0.0366. The van der Waals surface area contributed by atoms with Crippen molar-refractivity contribution >= 4 is 5.91 Å². The van der Waals surface area contributed by atoms with E-state index >= 15 is 0 Å². The fourth-order valence-corrected chi connectivity index (χ4v) is 7.69. The molecule has 55 heavy (non-hydrogen) atoms. The predicted molar refractivity (Wildman–Crippen MR) is 241 cm³/mol. The fraction of sp³-hybridized carbons (Fsp3) is 0.900. The number of carbonyl (C=O) groups is 1. The zero-order valence-corrected chi connectivity index (χ0v) is 37.1. The van der Waals surface area contributed by atoms with Gasteiger partial charge in [0, 0.05) is 6.42 Å². The Labute approximate surface area is 343 Å². The minimum Gasteiger partial charge on any atom is -0.394 e. The van der Waals surface area contributed by atoms with E-state index < -0.39 is 18.2 Å². The summed E-state index contributed by atoms with van der Waals surface area (Å²) in [6.45, 7) is 4.19. The van der Waals surface area contributed by atoms with Gasteiger partial charge in [-0.15, -0.1) is 0 Å². The van der Waals surface area contributed by atoms with E-state index in [-0.39, 0.29) is 12.5 Å². The lowest BCUT2D eigenvalue weighted by molar-refractivity contribution is -0.124. The molecule has 0 aliphatic heterocycles. The Morgan fingerprint density at radius 2 is 0.727 bits per heavy atom. The first kappa shape index (κ1) is 53.8. The molecule has 1 amide bonds. The van der Waals surface area contributed by atoms with Gasteiger partial charge in [-0.1, -0.05) is 218 Å². The molecule has 0 bridgehead atoms. The van der Waals surface area contributed by atoms with Crippen molar-refractivity contribution in [1.82, 2.24) is 5.32 Å². The monoisotopic (exact) mass is 776 g/mol. The van der Waals surface area contributed by atoms with E-state index in [1.807, 2.05) is 0 Å². The molecule has 4 N–H and O–H groups in total. The zero-order valence-electron chi connectivity index (χ0n) is 37.1. The highest BCUT2D eigenvalue weighted by molar-refractivity contribution is 5.76. The first-order valence-electron chi connectivity index (χ1n) is 24.6. The first-order valence-corrected chi connectivity index (χ1v) is 24.6. The summed E-state index contributed by atoms with van der Waals surface area (Å²) < 4.78 is 0. The van der Waals surface area contributed by atoms with Gasteiger partial charge in [0.1, 0.15) is 6.10 Å². The highest BCUT2D eigenvalue weighted by Gasteiger charge is 2.26. The van der Waals surface area contributed by atoms with Crippen LogP contribution in [-0.2, 0) is 4.79 Å². The standard InChI is InChI=1S/C50H97NO4/c1-3-5-7-9-11-13-15-17-19-21-23-25-26-28-30-32-34-36-38-40-42-44-48(53)50(55)47(46-52)51-49(54)45-43-41-39-37-35-33-31-29-27-24-22-20-18-16-14-12-10-8-6-4-2/h24,27,36,38,47-48,50,52-53,55H,3-23,25-26,28-35,37,39-46H2,1-2H3,(H,51,54)/b27-24-,38-36+. The average Bonchev–Trinajstić information content (AvgIpc) is 3.19. The van der Waals surface area contributed by atoms with E-state index in [1.54, 1.807) is 0 Å². The molecule has 0 aromatic heterocycles. The fourth-order valence-electron chi connectivity index (χ4n) is 7.69. The smallest absolute Gasteiger partial charge is 0.220 e. The maximum absolute atomic E-state index is 12.5. The summed E-state index contributed by atoms with van der Waals surface area (Å²) in [5.41, 5.74) is 0. The molecule has 0 radical (unpaired) electrons. The van der Waals surface area contributed by atoms with Crippen LogP contribution in [0.4, 0.5) is 0 Å². The molecule has 5 nitrogen and oxygen atoms in total. The number of allylic oxidation sites excluding steroid dienone is 4. The second-order valence-corrected chi connectivity index (χ2v) is 17.0. The Kier molecular flexibility index (Phi) is 44.6. The molecule has 0 aromatic rings. The predicted octanol–water partition coefficient (Wildman–Crippen LogP) is 14.6. The number of carbonyl (C=O) groups excluding carboxylic acids is 1. The molecule has 0 aliphatic carbocycles. The van der Waals surface area contributed by atoms with Gasteiger partial charge in [0.25, 0.3) is 0 Å². The third-order valence-electron chi connectivity index (χ3n) is 11.5. The lowest BCUT2D eigenvalue weighted by atomic mass is 10.0. The van der Waals surface area contributed by atoms with Gasteiger partial charge < -0.3 is 20.6 Å². The molecule has 326 valence electrons. The molecular formula is C50H97NO4. The second kappa shape index (κ2) is 45.5. The summed E-state index contributed by atoms with van der Waals surface area (Å²) in [5, 5.41) is 33.6. The van der Waals surface area contributed by atoms with Crippen molar-refractivity contribution in [3.8, 4) is 0 Å². The van der Waals surface area contributed by atoms with Crippen molar-refractivity contribution in [3.05, 3.63) is 24.3 Å². The van der Waals surface area contributed by atoms with E-state index in [2.05, 4.69) is 43.5 Å². The van der Waals surface area contributed by atoms with Crippen LogP contribution in [0, 0.1) is 0 Å². The van der Waals surface area contributed by atoms with E-state index in [0.717, 1.165) is 38.5 Å². The zero-order chi connectivity index (χ0) is 40.1. The lowest BCUT2D eigenvalue weighted by Crippen LogP contribution is -2.50. The SMILES string of the molecule is CCCCCCCCCCC/C=C\CCCCCCCCCC(=O)NC(CO)C(O)C(O)CCC/C=C/CCCCCCCCCCCCCCCCCC. The maximum atomic E-state index is 12.5. The molecular weight excluding hydrogens is 679 g/mol. The van der Waals surface area contributed by atoms with Crippen molar-refractivity contribution in [2.75, 3.05) is 6.61 Å². The minimum absolute atomic E-state index is 0.156. The molecule has 0 aliphatic rings. The van der Waals surface area contributed by atoms with Crippen molar-refractivity contribution in [1.29, 1.82) is 0 Å². The van der Waals surface area contributed by atoms with Crippen molar-refractivity contribution in [2.45, 2.75) is 283 Å². The number of rotatable bonds is 45. The third kappa shape index (κ3) is 40.8. The number of aliphatic hydroxyl groups is 3. The Balaban J connectivity index is 3.62. The van der Waals surface area contributed by atoms with Gasteiger partial charge in [0.05, 0.1) is 18.8 Å². The Morgan fingerprint density at radius 1 is 0.436 bits per heavy atom. The highest BCUT2D eigenvalue weighted by Crippen LogP contribution is 2.16. The number of unbranched alkanes of at least 4 members (excludes halogenated alkanes) is 33. The Morgan fingerprint density at radius 3 is 1.05 bits per heavy atom. The van der Waals surface area contributed by atoms with Crippen LogP contribution in [0.25, 0.3) is 0 Å². The molecule has 0 spiro atoms. The lowest BCUT2D eigenvalue weighted by Gasteiger charge is -2.26. The van der Waals surface area contributed by atoms with Gasteiger partial charge in [-0.2, -0.15) is 0 Å². The number of hydrogen-bond acceptors (Lipinski definition) is 4. The molecule has 0 fully saturated rings. The summed E-state index contributed by atoms with van der Waals surface area (Å²) in [6, 6.07) is -0.827. The molecule has 0 heterocycles. The number of nitrogens with one attached hydrogen (secondary N) is 1. The summed E-state index contributed by atoms with van der Waals surface area (Å²) in [4.78, 5) is 12.5. The van der Waals surface area contributed by atoms with Crippen LogP contribution >= 0.6 is 0 Å². The van der Waals surface area contributed by atoms with Crippen LogP contribution in [0.1, 0.15) is 264 Å².